The summed E-state index contributed by atoms with van der Waals surface area (Å²) in [6, 6.07) is 8.03. The summed E-state index contributed by atoms with van der Waals surface area (Å²) in [5.41, 5.74) is 6.50. The van der Waals surface area contributed by atoms with Gasteiger partial charge >= 0.3 is 0 Å². The maximum Gasteiger partial charge on any atom is 0.227 e. The first-order valence-electron chi connectivity index (χ1n) is 8.22. The van der Waals surface area contributed by atoms with Crippen molar-refractivity contribution in [2.24, 2.45) is 11.1 Å². The van der Waals surface area contributed by atoms with Gasteiger partial charge < -0.3 is 20.7 Å². The summed E-state index contributed by atoms with van der Waals surface area (Å²) < 4.78 is 5.29. The summed E-state index contributed by atoms with van der Waals surface area (Å²) in [4.78, 5) is 14.7. The Morgan fingerprint density at radius 1 is 1.35 bits per heavy atom. The molecular weight excluding hydrogens is 290 g/mol. The highest BCUT2D eigenvalue weighted by Gasteiger charge is 2.33. The van der Waals surface area contributed by atoms with Gasteiger partial charge in [0, 0.05) is 13.1 Å². The van der Waals surface area contributed by atoms with Gasteiger partial charge in [-0.1, -0.05) is 26.0 Å². The van der Waals surface area contributed by atoms with Gasteiger partial charge in [-0.2, -0.15) is 0 Å². The van der Waals surface area contributed by atoms with Crippen LogP contribution >= 0.6 is 0 Å². The quantitative estimate of drug-likeness (QED) is 0.731. The van der Waals surface area contributed by atoms with Crippen LogP contribution in [0.4, 0.5) is 0 Å². The van der Waals surface area contributed by atoms with E-state index >= 15 is 0 Å². The second-order valence-electron chi connectivity index (χ2n) is 6.16. The summed E-state index contributed by atoms with van der Waals surface area (Å²) in [6.07, 6.45) is 1.50. The molecule has 0 aliphatic rings. The van der Waals surface area contributed by atoms with Crippen LogP contribution in [0.3, 0.4) is 0 Å². The van der Waals surface area contributed by atoms with E-state index < -0.39 is 5.41 Å². The summed E-state index contributed by atoms with van der Waals surface area (Å²) in [6.45, 7) is 4.95. The molecule has 0 saturated carbocycles. The standard InChI is InChI=1S/C18H31N3O2/c1-6-18(7-2,13-19)17(22)20-12-16(21(3)4)14-9-8-10-15(11-14)23-5/h8-11,16H,6-7,12-13,19H2,1-5H3,(H,20,22). The van der Waals surface area contributed by atoms with Gasteiger partial charge in [0.1, 0.15) is 5.75 Å². The molecule has 0 fully saturated rings. The number of nitrogens with two attached hydrogens (primary N) is 1. The molecule has 0 saturated heterocycles. The third-order valence-electron chi connectivity index (χ3n) is 4.78. The molecule has 1 rings (SSSR count). The predicted molar refractivity (Wildman–Crippen MR) is 94.5 cm³/mol. The van der Waals surface area contributed by atoms with Crippen LogP contribution in [0.5, 0.6) is 5.75 Å². The zero-order valence-electron chi connectivity index (χ0n) is 15.1. The van der Waals surface area contributed by atoms with Gasteiger partial charge in [0.05, 0.1) is 18.6 Å². The number of nitrogens with one attached hydrogen (secondary N) is 1. The van der Waals surface area contributed by atoms with E-state index in [0.717, 1.165) is 24.2 Å². The number of ether oxygens (including phenoxy) is 1. The van der Waals surface area contributed by atoms with Crippen molar-refractivity contribution in [3.05, 3.63) is 29.8 Å². The molecule has 0 heterocycles. The molecule has 1 atom stereocenters. The van der Waals surface area contributed by atoms with Crippen molar-refractivity contribution in [1.82, 2.24) is 10.2 Å². The molecule has 5 heteroatoms. The molecular formula is C18H31N3O2. The lowest BCUT2D eigenvalue weighted by Crippen LogP contribution is -2.47. The third kappa shape index (κ3) is 4.69. The Morgan fingerprint density at radius 3 is 2.48 bits per heavy atom. The largest absolute Gasteiger partial charge is 0.497 e. The van der Waals surface area contributed by atoms with Gasteiger partial charge in [-0.15, -0.1) is 0 Å². The van der Waals surface area contributed by atoms with Gasteiger partial charge in [-0.3, -0.25) is 4.79 Å². The van der Waals surface area contributed by atoms with Crippen LogP contribution in [0, 0.1) is 5.41 Å². The highest BCUT2D eigenvalue weighted by Crippen LogP contribution is 2.26. The number of nitrogens with zero attached hydrogens (tertiary/aromatic N) is 1. The number of benzene rings is 1. The Morgan fingerprint density at radius 2 is 2.00 bits per heavy atom. The number of hydrogen-bond donors (Lipinski definition) is 2. The monoisotopic (exact) mass is 321 g/mol. The Labute approximate surface area is 140 Å². The highest BCUT2D eigenvalue weighted by atomic mass is 16.5. The normalized spacial score (nSPS) is 13.0. The molecule has 0 aliphatic heterocycles. The predicted octanol–water partition coefficient (Wildman–Crippen LogP) is 2.18. The second kappa shape index (κ2) is 8.89. The smallest absolute Gasteiger partial charge is 0.227 e. The van der Waals surface area contributed by atoms with Gasteiger partial charge in [-0.05, 0) is 44.6 Å². The summed E-state index contributed by atoms with van der Waals surface area (Å²) in [5.74, 6) is 0.860. The van der Waals surface area contributed by atoms with Gasteiger partial charge in [0.25, 0.3) is 0 Å². The first kappa shape index (κ1) is 19.5. The number of carbonyl (C=O) groups excluding carboxylic acids is 1. The fourth-order valence-corrected chi connectivity index (χ4v) is 2.78. The number of amides is 1. The third-order valence-corrected chi connectivity index (χ3v) is 4.78. The molecule has 23 heavy (non-hydrogen) atoms. The van der Waals surface area contributed by atoms with Crippen molar-refractivity contribution in [3.8, 4) is 5.75 Å². The average Bonchev–Trinajstić information content (AvgIpc) is 2.57. The van der Waals surface area contributed by atoms with E-state index in [2.05, 4.69) is 16.3 Å². The van der Waals surface area contributed by atoms with Crippen LogP contribution in [0.15, 0.2) is 24.3 Å². The summed E-state index contributed by atoms with van der Waals surface area (Å²) in [7, 11) is 5.67. The first-order valence-corrected chi connectivity index (χ1v) is 8.22. The molecule has 3 N–H and O–H groups in total. The number of rotatable bonds is 9. The molecule has 1 aromatic carbocycles. The molecule has 130 valence electrons. The second-order valence-corrected chi connectivity index (χ2v) is 6.16. The lowest BCUT2D eigenvalue weighted by atomic mass is 9.81. The van der Waals surface area contributed by atoms with E-state index in [-0.39, 0.29) is 11.9 Å². The van der Waals surface area contributed by atoms with Crippen LogP contribution in [0.2, 0.25) is 0 Å². The molecule has 1 amide bonds. The number of methoxy groups -OCH3 is 1. The topological polar surface area (TPSA) is 67.6 Å². The number of carbonyl (C=O) groups is 1. The minimum Gasteiger partial charge on any atom is -0.497 e. The van der Waals surface area contributed by atoms with E-state index in [1.54, 1.807) is 7.11 Å². The van der Waals surface area contributed by atoms with Crippen molar-refractivity contribution in [3.63, 3.8) is 0 Å². The Bertz CT molecular complexity index is 491. The van der Waals surface area contributed by atoms with E-state index in [1.165, 1.54) is 0 Å². The van der Waals surface area contributed by atoms with Crippen molar-refractivity contribution < 1.29 is 9.53 Å². The fraction of sp³-hybridized carbons (Fsp3) is 0.611. The zero-order valence-corrected chi connectivity index (χ0v) is 15.1. The molecule has 0 radical (unpaired) electrons. The molecule has 0 spiro atoms. The Kier molecular flexibility index (Phi) is 7.52. The van der Waals surface area contributed by atoms with Crippen LogP contribution < -0.4 is 15.8 Å². The van der Waals surface area contributed by atoms with E-state index in [9.17, 15) is 4.79 Å². The molecule has 0 aliphatic carbocycles. The highest BCUT2D eigenvalue weighted by molar-refractivity contribution is 5.82. The van der Waals surface area contributed by atoms with Crippen molar-refractivity contribution in [2.45, 2.75) is 32.7 Å². The maximum absolute atomic E-state index is 12.6. The lowest BCUT2D eigenvalue weighted by Gasteiger charge is -2.31. The molecule has 5 nitrogen and oxygen atoms in total. The van der Waals surface area contributed by atoms with Crippen molar-refractivity contribution in [1.29, 1.82) is 0 Å². The van der Waals surface area contributed by atoms with E-state index in [4.69, 9.17) is 10.5 Å². The molecule has 1 unspecified atom stereocenters. The Hall–Kier alpha value is -1.59. The summed E-state index contributed by atoms with van der Waals surface area (Å²) >= 11 is 0. The van der Waals surface area contributed by atoms with E-state index in [0.29, 0.717) is 13.1 Å². The minimum absolute atomic E-state index is 0.0414. The molecule has 0 bridgehead atoms. The number of hydrogen-bond acceptors (Lipinski definition) is 4. The van der Waals surface area contributed by atoms with Gasteiger partial charge in [-0.25, -0.2) is 0 Å². The summed E-state index contributed by atoms with van der Waals surface area (Å²) in [5, 5.41) is 3.09. The zero-order chi connectivity index (χ0) is 17.5. The Balaban J connectivity index is 2.87. The lowest BCUT2D eigenvalue weighted by molar-refractivity contribution is -0.131. The van der Waals surface area contributed by atoms with Crippen LogP contribution in [0.1, 0.15) is 38.3 Å². The average molecular weight is 321 g/mol. The fourth-order valence-electron chi connectivity index (χ4n) is 2.78. The van der Waals surface area contributed by atoms with Gasteiger partial charge in [0.2, 0.25) is 5.91 Å². The van der Waals surface area contributed by atoms with Crippen molar-refractivity contribution in [2.75, 3.05) is 34.3 Å². The SMILES string of the molecule is CCC(CC)(CN)C(=O)NCC(c1cccc(OC)c1)N(C)C. The minimum atomic E-state index is -0.467. The molecule has 0 aromatic heterocycles. The maximum atomic E-state index is 12.6. The van der Waals surface area contributed by atoms with Crippen LogP contribution in [0.25, 0.3) is 0 Å². The van der Waals surface area contributed by atoms with E-state index in [1.807, 2.05) is 46.1 Å². The van der Waals surface area contributed by atoms with Crippen LogP contribution in [-0.2, 0) is 4.79 Å². The number of likely N-dealkylation sites (N-methyl/N-ethyl adjacent to an activating group) is 1. The van der Waals surface area contributed by atoms with Gasteiger partial charge in [0.15, 0.2) is 0 Å². The molecule has 1 aromatic rings. The van der Waals surface area contributed by atoms with Crippen molar-refractivity contribution >= 4 is 5.91 Å². The first-order chi connectivity index (χ1) is 10.9. The van der Waals surface area contributed by atoms with Crippen LogP contribution in [-0.4, -0.2) is 45.1 Å².